The van der Waals surface area contributed by atoms with Crippen LogP contribution in [0.2, 0.25) is 0 Å². The number of hydrogen-bond donors (Lipinski definition) is 1. The average Bonchev–Trinajstić information content (AvgIpc) is 3.30. The summed E-state index contributed by atoms with van der Waals surface area (Å²) in [5.74, 6) is 0.198. The van der Waals surface area contributed by atoms with E-state index in [1.807, 2.05) is 6.07 Å². The van der Waals surface area contributed by atoms with Crippen LogP contribution >= 0.6 is 0 Å². The maximum atomic E-state index is 13.2. The van der Waals surface area contributed by atoms with Crippen molar-refractivity contribution in [2.45, 2.75) is 26.3 Å². The second-order valence-corrected chi connectivity index (χ2v) is 7.59. The minimum atomic E-state index is -2.79. The molecule has 0 radical (unpaired) electrons. The summed E-state index contributed by atoms with van der Waals surface area (Å²) < 4.78 is 29.1. The SMILES string of the molecule is CC(C)N1CCN(c2ccn3ncc(C(=O)Nc4cn(C)nc4C(F)F)c3n2)CC1. The van der Waals surface area contributed by atoms with Crippen molar-refractivity contribution in [2.75, 3.05) is 36.4 Å². The van der Waals surface area contributed by atoms with Crippen LogP contribution in [0.5, 0.6) is 0 Å². The number of carbonyl (C=O) groups excluding carboxylic acids is 1. The molecular formula is C19H24F2N8O. The summed E-state index contributed by atoms with van der Waals surface area (Å²) >= 11 is 0. The van der Waals surface area contributed by atoms with Gasteiger partial charge in [0.1, 0.15) is 11.4 Å². The van der Waals surface area contributed by atoms with Crippen molar-refractivity contribution in [3.63, 3.8) is 0 Å². The number of carbonyl (C=O) groups is 1. The van der Waals surface area contributed by atoms with Crippen LogP contribution in [0.3, 0.4) is 0 Å². The molecule has 1 N–H and O–H groups in total. The zero-order valence-electron chi connectivity index (χ0n) is 17.1. The average molecular weight is 418 g/mol. The van der Waals surface area contributed by atoms with Crippen LogP contribution in [-0.2, 0) is 7.05 Å². The molecule has 9 nitrogen and oxygen atoms in total. The Bertz CT molecular complexity index is 1050. The first-order chi connectivity index (χ1) is 14.3. The number of nitrogens with zero attached hydrogens (tertiary/aromatic N) is 7. The summed E-state index contributed by atoms with van der Waals surface area (Å²) in [5.41, 5.74) is 0.0809. The van der Waals surface area contributed by atoms with Gasteiger partial charge in [-0.1, -0.05) is 0 Å². The molecular weight excluding hydrogens is 394 g/mol. The van der Waals surface area contributed by atoms with Crippen LogP contribution < -0.4 is 10.2 Å². The normalized spacial score (nSPS) is 15.5. The summed E-state index contributed by atoms with van der Waals surface area (Å²) in [6, 6.07) is 2.36. The zero-order chi connectivity index (χ0) is 21.4. The third-order valence-corrected chi connectivity index (χ3v) is 5.28. The minimum absolute atomic E-state index is 0.0298. The summed E-state index contributed by atoms with van der Waals surface area (Å²) in [6.07, 6.45) is 1.69. The van der Waals surface area contributed by atoms with Gasteiger partial charge in [0.15, 0.2) is 11.3 Å². The topological polar surface area (TPSA) is 83.6 Å². The molecule has 0 unspecified atom stereocenters. The fourth-order valence-corrected chi connectivity index (χ4v) is 3.62. The molecule has 30 heavy (non-hydrogen) atoms. The highest BCUT2D eigenvalue weighted by atomic mass is 19.3. The Morgan fingerprint density at radius 3 is 2.60 bits per heavy atom. The zero-order valence-corrected chi connectivity index (χ0v) is 17.1. The first kappa shape index (κ1) is 20.2. The van der Waals surface area contributed by atoms with Crippen LogP contribution in [0.4, 0.5) is 20.3 Å². The number of anilines is 2. The monoisotopic (exact) mass is 418 g/mol. The van der Waals surface area contributed by atoms with Gasteiger partial charge in [-0.3, -0.25) is 14.4 Å². The first-order valence-electron chi connectivity index (χ1n) is 9.80. The van der Waals surface area contributed by atoms with Crippen molar-refractivity contribution in [2.24, 2.45) is 7.05 Å². The number of aryl methyl sites for hydroxylation is 1. The lowest BCUT2D eigenvalue weighted by Gasteiger charge is -2.37. The summed E-state index contributed by atoms with van der Waals surface area (Å²) in [5, 5.41) is 10.4. The van der Waals surface area contributed by atoms with Gasteiger partial charge in [-0.05, 0) is 19.9 Å². The Kier molecular flexibility index (Phi) is 5.37. The highest BCUT2D eigenvalue weighted by Crippen LogP contribution is 2.26. The summed E-state index contributed by atoms with van der Waals surface area (Å²) in [6.45, 7) is 7.91. The quantitative estimate of drug-likeness (QED) is 0.684. The van der Waals surface area contributed by atoms with Gasteiger partial charge in [0.25, 0.3) is 12.3 Å². The van der Waals surface area contributed by atoms with Gasteiger partial charge < -0.3 is 10.2 Å². The second-order valence-electron chi connectivity index (χ2n) is 7.59. The van der Waals surface area contributed by atoms with Crippen molar-refractivity contribution in [1.29, 1.82) is 0 Å². The van der Waals surface area contributed by atoms with Crippen LogP contribution in [0.1, 0.15) is 36.3 Å². The van der Waals surface area contributed by atoms with Gasteiger partial charge in [-0.25, -0.2) is 18.3 Å². The molecule has 1 amide bonds. The van der Waals surface area contributed by atoms with Crippen molar-refractivity contribution in [3.05, 3.63) is 35.9 Å². The number of piperazine rings is 1. The van der Waals surface area contributed by atoms with E-state index in [0.29, 0.717) is 11.7 Å². The van der Waals surface area contributed by atoms with Crippen molar-refractivity contribution >= 4 is 23.1 Å². The molecule has 0 aromatic carbocycles. The van der Waals surface area contributed by atoms with Gasteiger partial charge in [0, 0.05) is 51.7 Å². The molecule has 160 valence electrons. The van der Waals surface area contributed by atoms with E-state index in [1.165, 1.54) is 28.6 Å². The van der Waals surface area contributed by atoms with E-state index < -0.39 is 18.0 Å². The predicted molar refractivity (Wildman–Crippen MR) is 108 cm³/mol. The van der Waals surface area contributed by atoms with Crippen molar-refractivity contribution in [3.8, 4) is 0 Å². The molecule has 11 heteroatoms. The fourth-order valence-electron chi connectivity index (χ4n) is 3.62. The largest absolute Gasteiger partial charge is 0.354 e. The van der Waals surface area contributed by atoms with Gasteiger partial charge in [0.05, 0.1) is 11.9 Å². The molecule has 3 aromatic rings. The Balaban J connectivity index is 1.57. The third-order valence-electron chi connectivity index (χ3n) is 5.28. The lowest BCUT2D eigenvalue weighted by atomic mass is 10.2. The third kappa shape index (κ3) is 3.84. The van der Waals surface area contributed by atoms with E-state index in [-0.39, 0.29) is 11.3 Å². The molecule has 0 bridgehead atoms. The van der Waals surface area contributed by atoms with Gasteiger partial charge >= 0.3 is 0 Å². The van der Waals surface area contributed by atoms with E-state index in [1.54, 1.807) is 6.20 Å². The highest BCUT2D eigenvalue weighted by molar-refractivity contribution is 6.08. The van der Waals surface area contributed by atoms with E-state index in [9.17, 15) is 13.6 Å². The number of rotatable bonds is 5. The van der Waals surface area contributed by atoms with E-state index in [0.717, 1.165) is 32.0 Å². The van der Waals surface area contributed by atoms with Gasteiger partial charge in [0.2, 0.25) is 0 Å². The maximum Gasteiger partial charge on any atom is 0.284 e. The number of hydrogen-bond acceptors (Lipinski definition) is 6. The Hall–Kier alpha value is -3.08. The maximum absolute atomic E-state index is 13.2. The first-order valence-corrected chi connectivity index (χ1v) is 9.80. The number of fused-ring (bicyclic) bond motifs is 1. The van der Waals surface area contributed by atoms with Crippen LogP contribution in [0.25, 0.3) is 5.65 Å². The fraction of sp³-hybridized carbons (Fsp3) is 0.474. The predicted octanol–water partition coefficient (Wildman–Crippen LogP) is 2.18. The Morgan fingerprint density at radius 2 is 1.93 bits per heavy atom. The van der Waals surface area contributed by atoms with Crippen LogP contribution in [0.15, 0.2) is 24.7 Å². The molecule has 1 aliphatic rings. The Labute approximate surface area is 172 Å². The smallest absolute Gasteiger partial charge is 0.284 e. The molecule has 0 spiro atoms. The van der Waals surface area contributed by atoms with Crippen molar-refractivity contribution < 1.29 is 13.6 Å². The van der Waals surface area contributed by atoms with Crippen LogP contribution in [0, 0.1) is 0 Å². The highest BCUT2D eigenvalue weighted by Gasteiger charge is 2.23. The summed E-state index contributed by atoms with van der Waals surface area (Å²) in [7, 11) is 1.52. The molecule has 1 aliphatic heterocycles. The minimum Gasteiger partial charge on any atom is -0.354 e. The lowest BCUT2D eigenvalue weighted by Crippen LogP contribution is -2.49. The molecule has 0 aliphatic carbocycles. The van der Waals surface area contributed by atoms with E-state index in [2.05, 4.69) is 44.1 Å². The standard InChI is InChI=1S/C19H24F2N8O/c1-12(2)27-6-8-28(9-7-27)15-4-5-29-18(24-15)13(10-22-29)19(30)23-14-11-26(3)25-16(14)17(20)21/h4-5,10-12,17H,6-9H2,1-3H3,(H,23,30). The number of alkyl halides is 2. The number of nitrogens with one attached hydrogen (secondary N) is 1. The Morgan fingerprint density at radius 1 is 1.20 bits per heavy atom. The number of amides is 1. The van der Waals surface area contributed by atoms with Crippen molar-refractivity contribution in [1.82, 2.24) is 29.3 Å². The lowest BCUT2D eigenvalue weighted by molar-refractivity contribution is 0.102. The molecule has 0 saturated carbocycles. The molecule has 4 heterocycles. The second kappa shape index (κ2) is 7.98. The molecule has 1 saturated heterocycles. The molecule has 4 rings (SSSR count). The summed E-state index contributed by atoms with van der Waals surface area (Å²) in [4.78, 5) is 22.0. The van der Waals surface area contributed by atoms with Gasteiger partial charge in [-0.2, -0.15) is 10.2 Å². The van der Waals surface area contributed by atoms with Gasteiger partial charge in [-0.15, -0.1) is 0 Å². The van der Waals surface area contributed by atoms with E-state index in [4.69, 9.17) is 0 Å². The number of aromatic nitrogens is 5. The van der Waals surface area contributed by atoms with E-state index >= 15 is 0 Å². The molecule has 1 fully saturated rings. The number of halogens is 2. The molecule has 3 aromatic heterocycles. The molecule has 0 atom stereocenters. The van der Waals surface area contributed by atoms with Crippen LogP contribution in [-0.4, -0.2) is 67.4 Å².